The summed E-state index contributed by atoms with van der Waals surface area (Å²) < 4.78 is 13.6. The number of benzene rings is 1. The smallest absolute Gasteiger partial charge is 0.144 e. The SMILES string of the molecule is CCC(CC)N(CCO)c1cc(F)c(Cl)cc1N. The fourth-order valence-corrected chi connectivity index (χ4v) is 2.31. The van der Waals surface area contributed by atoms with Crippen LogP contribution in [0.15, 0.2) is 12.1 Å². The molecule has 0 atom stereocenters. The molecule has 0 radical (unpaired) electrons. The fraction of sp³-hybridized carbons (Fsp3) is 0.538. The van der Waals surface area contributed by atoms with Crippen LogP contribution in [0.25, 0.3) is 0 Å². The molecule has 0 aromatic heterocycles. The molecule has 0 bridgehead atoms. The highest BCUT2D eigenvalue weighted by molar-refractivity contribution is 6.31. The van der Waals surface area contributed by atoms with Gasteiger partial charge in [-0.1, -0.05) is 25.4 Å². The largest absolute Gasteiger partial charge is 0.397 e. The molecular formula is C13H20ClFN2O. The molecule has 1 aromatic rings. The molecule has 0 amide bonds. The van der Waals surface area contributed by atoms with Gasteiger partial charge in [0.15, 0.2) is 0 Å². The Morgan fingerprint density at radius 2 is 2.00 bits per heavy atom. The molecule has 0 aliphatic heterocycles. The summed E-state index contributed by atoms with van der Waals surface area (Å²) >= 11 is 5.69. The lowest BCUT2D eigenvalue weighted by atomic mass is 10.1. The monoisotopic (exact) mass is 274 g/mol. The van der Waals surface area contributed by atoms with Crippen LogP contribution in [0, 0.1) is 5.82 Å². The number of anilines is 2. The van der Waals surface area contributed by atoms with Gasteiger partial charge in [0.1, 0.15) is 5.82 Å². The lowest BCUT2D eigenvalue weighted by molar-refractivity contribution is 0.296. The van der Waals surface area contributed by atoms with Crippen LogP contribution < -0.4 is 10.6 Å². The van der Waals surface area contributed by atoms with Gasteiger partial charge in [0, 0.05) is 18.7 Å². The van der Waals surface area contributed by atoms with Crippen LogP contribution in [-0.4, -0.2) is 24.3 Å². The first-order chi connectivity index (χ1) is 8.54. The van der Waals surface area contributed by atoms with E-state index in [2.05, 4.69) is 13.8 Å². The first-order valence-corrected chi connectivity index (χ1v) is 6.54. The zero-order chi connectivity index (χ0) is 13.7. The third-order valence-corrected chi connectivity index (χ3v) is 3.39. The molecular weight excluding hydrogens is 255 g/mol. The van der Waals surface area contributed by atoms with Gasteiger partial charge in [0.25, 0.3) is 0 Å². The van der Waals surface area contributed by atoms with Crippen molar-refractivity contribution in [2.45, 2.75) is 32.7 Å². The van der Waals surface area contributed by atoms with Crippen LogP contribution in [-0.2, 0) is 0 Å². The van der Waals surface area contributed by atoms with Crippen molar-refractivity contribution in [1.29, 1.82) is 0 Å². The average Bonchev–Trinajstić information content (AvgIpc) is 2.34. The summed E-state index contributed by atoms with van der Waals surface area (Å²) in [5, 5.41) is 9.17. The van der Waals surface area contributed by atoms with E-state index in [9.17, 15) is 4.39 Å². The number of nitrogen functional groups attached to an aromatic ring is 1. The Bertz CT molecular complexity index is 397. The molecule has 0 aliphatic carbocycles. The van der Waals surface area contributed by atoms with Crippen LogP contribution in [0.3, 0.4) is 0 Å². The number of nitrogens with two attached hydrogens (primary N) is 1. The Balaban J connectivity index is 3.16. The maximum Gasteiger partial charge on any atom is 0.144 e. The van der Waals surface area contributed by atoms with Gasteiger partial charge in [-0.15, -0.1) is 0 Å². The maximum absolute atomic E-state index is 13.6. The van der Waals surface area contributed by atoms with Crippen molar-refractivity contribution in [3.8, 4) is 0 Å². The van der Waals surface area contributed by atoms with Crippen molar-refractivity contribution in [2.75, 3.05) is 23.8 Å². The van der Waals surface area contributed by atoms with Gasteiger partial charge in [0.05, 0.1) is 23.0 Å². The molecule has 102 valence electrons. The quantitative estimate of drug-likeness (QED) is 0.784. The van der Waals surface area contributed by atoms with E-state index in [0.717, 1.165) is 12.8 Å². The molecule has 3 nitrogen and oxygen atoms in total. The number of hydrogen-bond donors (Lipinski definition) is 2. The second kappa shape index (κ2) is 6.81. The highest BCUT2D eigenvalue weighted by Crippen LogP contribution is 2.31. The van der Waals surface area contributed by atoms with Gasteiger partial charge in [-0.05, 0) is 18.9 Å². The van der Waals surface area contributed by atoms with Crippen molar-refractivity contribution in [2.24, 2.45) is 0 Å². The standard InChI is InChI=1S/C13H20ClFN2O/c1-3-9(4-2)17(5-6-18)13-8-11(15)10(14)7-12(13)16/h7-9,18H,3-6,16H2,1-2H3. The van der Waals surface area contributed by atoms with Crippen molar-refractivity contribution >= 4 is 23.0 Å². The molecule has 0 unspecified atom stereocenters. The lowest BCUT2D eigenvalue weighted by Gasteiger charge is -2.33. The summed E-state index contributed by atoms with van der Waals surface area (Å²) in [6.45, 7) is 4.54. The molecule has 18 heavy (non-hydrogen) atoms. The summed E-state index contributed by atoms with van der Waals surface area (Å²) in [6.07, 6.45) is 1.81. The van der Waals surface area contributed by atoms with E-state index in [1.54, 1.807) is 0 Å². The fourth-order valence-electron chi connectivity index (χ4n) is 2.14. The Labute approximate surface area is 112 Å². The highest BCUT2D eigenvalue weighted by atomic mass is 35.5. The minimum atomic E-state index is -0.491. The Hall–Kier alpha value is -1.00. The van der Waals surface area contributed by atoms with E-state index < -0.39 is 5.82 Å². The van der Waals surface area contributed by atoms with E-state index in [0.29, 0.717) is 17.9 Å². The molecule has 0 saturated carbocycles. The molecule has 0 fully saturated rings. The number of rotatable bonds is 6. The Kier molecular flexibility index (Phi) is 5.69. The summed E-state index contributed by atoms with van der Waals surface area (Å²) in [5.74, 6) is -0.491. The molecule has 5 heteroatoms. The van der Waals surface area contributed by atoms with Gasteiger partial charge in [0.2, 0.25) is 0 Å². The van der Waals surface area contributed by atoms with Crippen molar-refractivity contribution < 1.29 is 9.50 Å². The molecule has 0 saturated heterocycles. The predicted octanol–water partition coefficient (Wildman–Crippen LogP) is 3.05. The first-order valence-electron chi connectivity index (χ1n) is 6.17. The molecule has 0 spiro atoms. The minimum Gasteiger partial charge on any atom is -0.397 e. The van der Waals surface area contributed by atoms with E-state index in [4.69, 9.17) is 22.4 Å². The van der Waals surface area contributed by atoms with Gasteiger partial charge < -0.3 is 15.7 Å². The zero-order valence-corrected chi connectivity index (χ0v) is 11.5. The molecule has 0 aliphatic rings. The second-order valence-corrected chi connectivity index (χ2v) is 4.62. The van der Waals surface area contributed by atoms with Crippen molar-refractivity contribution in [1.82, 2.24) is 0 Å². The molecule has 1 rings (SSSR count). The molecule has 1 aromatic carbocycles. The van der Waals surface area contributed by atoms with E-state index in [1.807, 2.05) is 4.90 Å². The highest BCUT2D eigenvalue weighted by Gasteiger charge is 2.19. The van der Waals surface area contributed by atoms with Crippen molar-refractivity contribution in [3.63, 3.8) is 0 Å². The number of nitrogens with zero attached hydrogens (tertiary/aromatic N) is 1. The Morgan fingerprint density at radius 1 is 1.39 bits per heavy atom. The summed E-state index contributed by atoms with van der Waals surface area (Å²) in [5.41, 5.74) is 6.92. The van der Waals surface area contributed by atoms with Crippen LogP contribution in [0.5, 0.6) is 0 Å². The molecule has 0 heterocycles. The lowest BCUT2D eigenvalue weighted by Crippen LogP contribution is -2.37. The van der Waals surface area contributed by atoms with E-state index in [-0.39, 0.29) is 17.7 Å². The number of aliphatic hydroxyl groups excluding tert-OH is 1. The van der Waals surface area contributed by atoms with Crippen LogP contribution in [0.1, 0.15) is 26.7 Å². The van der Waals surface area contributed by atoms with Gasteiger partial charge in [-0.3, -0.25) is 0 Å². The maximum atomic E-state index is 13.6. The van der Waals surface area contributed by atoms with Crippen LogP contribution in [0.2, 0.25) is 5.02 Å². The zero-order valence-electron chi connectivity index (χ0n) is 10.8. The van der Waals surface area contributed by atoms with Crippen molar-refractivity contribution in [3.05, 3.63) is 23.0 Å². The molecule has 3 N–H and O–H groups in total. The number of aliphatic hydroxyl groups is 1. The minimum absolute atomic E-state index is 0.000184. The van der Waals surface area contributed by atoms with E-state index in [1.165, 1.54) is 12.1 Å². The number of hydrogen-bond acceptors (Lipinski definition) is 3. The van der Waals surface area contributed by atoms with Crippen LogP contribution >= 0.6 is 11.6 Å². The topological polar surface area (TPSA) is 49.5 Å². The predicted molar refractivity (Wildman–Crippen MR) is 74.6 cm³/mol. The summed E-state index contributed by atoms with van der Waals surface area (Å²) in [7, 11) is 0. The van der Waals surface area contributed by atoms with E-state index >= 15 is 0 Å². The second-order valence-electron chi connectivity index (χ2n) is 4.21. The summed E-state index contributed by atoms with van der Waals surface area (Å²) in [6, 6.07) is 2.98. The summed E-state index contributed by atoms with van der Waals surface area (Å²) in [4.78, 5) is 1.94. The van der Waals surface area contributed by atoms with Gasteiger partial charge in [-0.25, -0.2) is 4.39 Å². The van der Waals surface area contributed by atoms with Gasteiger partial charge >= 0.3 is 0 Å². The average molecular weight is 275 g/mol. The third-order valence-electron chi connectivity index (χ3n) is 3.10. The number of halogens is 2. The van der Waals surface area contributed by atoms with Crippen LogP contribution in [0.4, 0.5) is 15.8 Å². The Morgan fingerprint density at radius 3 is 2.50 bits per heavy atom. The normalized spacial score (nSPS) is 11.0. The third kappa shape index (κ3) is 3.27. The first kappa shape index (κ1) is 15.1. The van der Waals surface area contributed by atoms with Gasteiger partial charge in [-0.2, -0.15) is 0 Å².